The molecule has 2 aliphatic rings. The topological polar surface area (TPSA) is 0 Å². The predicted molar refractivity (Wildman–Crippen MR) is 82.2 cm³/mol. The van der Waals surface area contributed by atoms with Crippen molar-refractivity contribution in [3.05, 3.63) is 65.0 Å². The van der Waals surface area contributed by atoms with Gasteiger partial charge in [-0.1, -0.05) is 49.4 Å². The molecule has 20 heavy (non-hydrogen) atoms. The van der Waals surface area contributed by atoms with Crippen LogP contribution >= 0.6 is 0 Å². The Morgan fingerprint density at radius 2 is 1.90 bits per heavy atom. The summed E-state index contributed by atoms with van der Waals surface area (Å²) in [4.78, 5) is 0. The van der Waals surface area contributed by atoms with Gasteiger partial charge in [-0.25, -0.2) is 4.39 Å². The molecule has 0 saturated carbocycles. The Kier molecular flexibility index (Phi) is 2.41. The maximum Gasteiger partial charge on any atom is 0.131 e. The molecule has 0 saturated heterocycles. The van der Waals surface area contributed by atoms with Crippen molar-refractivity contribution < 1.29 is 4.39 Å². The SMILES string of the molecule is CC12CCCC=C1C=Cc1c2cc(F)c2ccccc12. The maximum absolute atomic E-state index is 14.5. The minimum atomic E-state index is -0.0965. The molecular weight excluding hydrogens is 247 g/mol. The molecule has 0 radical (unpaired) electrons. The number of benzene rings is 2. The van der Waals surface area contributed by atoms with Gasteiger partial charge in [0, 0.05) is 10.8 Å². The first-order chi connectivity index (χ1) is 9.70. The van der Waals surface area contributed by atoms with Crippen LogP contribution in [0.2, 0.25) is 0 Å². The summed E-state index contributed by atoms with van der Waals surface area (Å²) in [5, 5.41) is 1.76. The fourth-order valence-electron chi connectivity index (χ4n) is 3.79. The van der Waals surface area contributed by atoms with Crippen LogP contribution in [0.5, 0.6) is 0 Å². The van der Waals surface area contributed by atoms with Gasteiger partial charge < -0.3 is 0 Å². The van der Waals surface area contributed by atoms with Crippen molar-refractivity contribution in [1.82, 2.24) is 0 Å². The number of halogens is 1. The first kappa shape index (κ1) is 11.9. The summed E-state index contributed by atoms with van der Waals surface area (Å²) in [6.07, 6.45) is 10.1. The van der Waals surface area contributed by atoms with Gasteiger partial charge in [0.1, 0.15) is 5.82 Å². The highest BCUT2D eigenvalue weighted by Crippen LogP contribution is 2.47. The molecule has 0 nitrogen and oxygen atoms in total. The van der Waals surface area contributed by atoms with E-state index in [-0.39, 0.29) is 11.2 Å². The molecule has 0 bridgehead atoms. The van der Waals surface area contributed by atoms with Gasteiger partial charge in [-0.15, -0.1) is 0 Å². The molecule has 0 aliphatic heterocycles. The highest BCUT2D eigenvalue weighted by Gasteiger charge is 2.36. The molecule has 0 aromatic heterocycles. The van der Waals surface area contributed by atoms with Crippen molar-refractivity contribution in [2.75, 3.05) is 0 Å². The standard InChI is InChI=1S/C19H17F/c1-19-11-5-4-6-13(19)9-10-15-14-7-2-3-8-16(14)18(20)12-17(15)19/h2-3,6-10,12H,4-5,11H2,1H3. The lowest BCUT2D eigenvalue weighted by molar-refractivity contribution is 0.470. The lowest BCUT2D eigenvalue weighted by Crippen LogP contribution is -2.29. The van der Waals surface area contributed by atoms with E-state index in [1.54, 1.807) is 6.07 Å². The number of allylic oxidation sites excluding steroid dienone is 3. The molecule has 1 heteroatoms. The lowest BCUT2D eigenvalue weighted by atomic mass is 9.65. The quantitative estimate of drug-likeness (QED) is 0.599. The zero-order chi connectivity index (χ0) is 13.7. The van der Waals surface area contributed by atoms with Crippen LogP contribution in [-0.4, -0.2) is 0 Å². The van der Waals surface area contributed by atoms with Crippen LogP contribution in [-0.2, 0) is 5.41 Å². The van der Waals surface area contributed by atoms with Crippen LogP contribution in [0, 0.1) is 5.82 Å². The molecule has 0 fully saturated rings. The molecule has 1 unspecified atom stereocenters. The molecule has 4 rings (SSSR count). The second-order valence-corrected chi connectivity index (χ2v) is 6.08. The van der Waals surface area contributed by atoms with Gasteiger partial charge in [-0.2, -0.15) is 0 Å². The molecule has 0 heterocycles. The van der Waals surface area contributed by atoms with Crippen molar-refractivity contribution in [3.8, 4) is 0 Å². The fourth-order valence-corrected chi connectivity index (χ4v) is 3.79. The third kappa shape index (κ3) is 1.46. The van der Waals surface area contributed by atoms with E-state index in [4.69, 9.17) is 0 Å². The Morgan fingerprint density at radius 1 is 1.10 bits per heavy atom. The normalized spacial score (nSPS) is 24.2. The summed E-state index contributed by atoms with van der Waals surface area (Å²) in [6.45, 7) is 2.26. The summed E-state index contributed by atoms with van der Waals surface area (Å²) in [5.41, 5.74) is 3.68. The van der Waals surface area contributed by atoms with Gasteiger partial charge in [-0.05, 0) is 47.4 Å². The zero-order valence-electron chi connectivity index (χ0n) is 11.6. The van der Waals surface area contributed by atoms with E-state index in [2.05, 4.69) is 25.2 Å². The molecular formula is C19H17F. The van der Waals surface area contributed by atoms with E-state index in [1.807, 2.05) is 24.3 Å². The number of rotatable bonds is 0. The largest absolute Gasteiger partial charge is 0.206 e. The highest BCUT2D eigenvalue weighted by atomic mass is 19.1. The Labute approximate surface area is 118 Å². The van der Waals surface area contributed by atoms with Crippen LogP contribution in [0.25, 0.3) is 16.8 Å². The third-order valence-corrected chi connectivity index (χ3v) is 4.94. The number of fused-ring (bicyclic) bond motifs is 5. The summed E-state index contributed by atoms with van der Waals surface area (Å²) in [7, 11) is 0. The molecule has 0 amide bonds. The highest BCUT2D eigenvalue weighted by molar-refractivity contribution is 5.94. The molecule has 0 spiro atoms. The molecule has 2 aliphatic carbocycles. The van der Waals surface area contributed by atoms with E-state index < -0.39 is 0 Å². The average Bonchev–Trinajstić information content (AvgIpc) is 2.48. The van der Waals surface area contributed by atoms with Crippen molar-refractivity contribution in [3.63, 3.8) is 0 Å². The van der Waals surface area contributed by atoms with Crippen LogP contribution in [0.4, 0.5) is 4.39 Å². The van der Waals surface area contributed by atoms with Gasteiger partial charge in [-0.3, -0.25) is 0 Å². The van der Waals surface area contributed by atoms with Crippen LogP contribution in [0.15, 0.2) is 48.1 Å². The van der Waals surface area contributed by atoms with Crippen LogP contribution < -0.4 is 0 Å². The van der Waals surface area contributed by atoms with E-state index in [0.29, 0.717) is 0 Å². The van der Waals surface area contributed by atoms with Gasteiger partial charge >= 0.3 is 0 Å². The monoisotopic (exact) mass is 264 g/mol. The van der Waals surface area contributed by atoms with Crippen LogP contribution in [0.1, 0.15) is 37.3 Å². The molecule has 2 aromatic carbocycles. The van der Waals surface area contributed by atoms with E-state index >= 15 is 0 Å². The van der Waals surface area contributed by atoms with Gasteiger partial charge in [0.15, 0.2) is 0 Å². The summed E-state index contributed by atoms with van der Waals surface area (Å²) in [6, 6.07) is 9.55. The first-order valence-corrected chi connectivity index (χ1v) is 7.30. The third-order valence-electron chi connectivity index (χ3n) is 4.94. The van der Waals surface area contributed by atoms with Gasteiger partial charge in [0.05, 0.1) is 0 Å². The first-order valence-electron chi connectivity index (χ1n) is 7.30. The second kappa shape index (κ2) is 4.05. The minimum Gasteiger partial charge on any atom is -0.206 e. The molecule has 0 N–H and O–H groups in total. The van der Waals surface area contributed by atoms with Crippen molar-refractivity contribution in [2.24, 2.45) is 0 Å². The van der Waals surface area contributed by atoms with Crippen molar-refractivity contribution in [1.29, 1.82) is 0 Å². The Balaban J connectivity index is 2.11. The summed E-state index contributed by atoms with van der Waals surface area (Å²) in [5.74, 6) is -0.0965. The maximum atomic E-state index is 14.5. The second-order valence-electron chi connectivity index (χ2n) is 6.08. The number of hydrogen-bond donors (Lipinski definition) is 0. The average molecular weight is 264 g/mol. The van der Waals surface area contributed by atoms with Gasteiger partial charge in [0.25, 0.3) is 0 Å². The Bertz CT molecular complexity index is 767. The minimum absolute atomic E-state index is 0.0206. The number of hydrogen-bond acceptors (Lipinski definition) is 0. The predicted octanol–water partition coefficient (Wildman–Crippen LogP) is 5.37. The van der Waals surface area contributed by atoms with Crippen LogP contribution in [0.3, 0.4) is 0 Å². The van der Waals surface area contributed by atoms with E-state index in [9.17, 15) is 4.39 Å². The molecule has 2 aromatic rings. The summed E-state index contributed by atoms with van der Waals surface area (Å²) < 4.78 is 14.5. The van der Waals surface area contributed by atoms with E-state index in [1.165, 1.54) is 17.6 Å². The Hall–Kier alpha value is -1.89. The smallest absolute Gasteiger partial charge is 0.131 e. The summed E-state index contributed by atoms with van der Waals surface area (Å²) >= 11 is 0. The van der Waals surface area contributed by atoms with Gasteiger partial charge in [0.2, 0.25) is 0 Å². The zero-order valence-corrected chi connectivity index (χ0v) is 11.6. The molecule has 100 valence electrons. The Morgan fingerprint density at radius 3 is 2.75 bits per heavy atom. The molecule has 1 atom stereocenters. The van der Waals surface area contributed by atoms with Crippen molar-refractivity contribution in [2.45, 2.75) is 31.6 Å². The van der Waals surface area contributed by atoms with E-state index in [0.717, 1.165) is 29.2 Å². The fraction of sp³-hybridized carbons (Fsp3) is 0.263. The van der Waals surface area contributed by atoms with Crippen molar-refractivity contribution >= 4 is 16.8 Å². The lowest BCUT2D eigenvalue weighted by Gasteiger charge is -2.39.